The van der Waals surface area contributed by atoms with E-state index in [0.717, 1.165) is 0 Å². The number of unbranched alkanes of at least 4 members (excludes halogenated alkanes) is 1. The Kier molecular flexibility index (Phi) is 14.5. The maximum Gasteiger partial charge on any atom is 0.326 e. The summed E-state index contributed by atoms with van der Waals surface area (Å²) in [4.78, 5) is 49.5. The number of nitrogens with one attached hydrogen (secondary N) is 3. The Morgan fingerprint density at radius 1 is 0.906 bits per heavy atom. The largest absolute Gasteiger partial charge is 0.480 e. The van der Waals surface area contributed by atoms with Crippen molar-refractivity contribution >= 4 is 23.7 Å². The first-order chi connectivity index (χ1) is 15.0. The van der Waals surface area contributed by atoms with Crippen molar-refractivity contribution in [2.75, 3.05) is 13.2 Å². The van der Waals surface area contributed by atoms with Crippen molar-refractivity contribution in [3.05, 3.63) is 0 Å². The van der Waals surface area contributed by atoms with Gasteiger partial charge < -0.3 is 37.6 Å². The number of aliphatic hydroxyl groups excluding tert-OH is 1. The second kappa shape index (κ2) is 15.5. The molecule has 0 aromatic rings. The number of carbonyl (C=O) groups excluding carboxylic acids is 3. The van der Waals surface area contributed by atoms with Crippen molar-refractivity contribution in [3.63, 3.8) is 0 Å². The number of hydrogen-bond donors (Lipinski definition) is 7. The van der Waals surface area contributed by atoms with Crippen molar-refractivity contribution in [1.29, 1.82) is 0 Å². The van der Waals surface area contributed by atoms with E-state index in [4.69, 9.17) is 16.6 Å². The Bertz CT molecular complexity index is 615. The molecule has 0 aromatic carbocycles. The number of aliphatic carboxylic acids is 1. The molecule has 0 bridgehead atoms. The standard InChI is InChI=1S/C21H41N5O6/c1-5-13(4)17(21(31)32)26-19(29)15(8-6-7-9-22)24-20(30)16(10-12(2)3)25-18(28)14(23)11-27/h12-17,27H,5-11,22-23H2,1-4H3,(H,24,30)(H,25,28)(H,26,29)(H,31,32). The van der Waals surface area contributed by atoms with Crippen LogP contribution in [0.3, 0.4) is 0 Å². The van der Waals surface area contributed by atoms with Crippen LogP contribution in [0.5, 0.6) is 0 Å². The molecule has 0 aliphatic heterocycles. The molecule has 0 fully saturated rings. The zero-order valence-corrected chi connectivity index (χ0v) is 19.6. The predicted molar refractivity (Wildman–Crippen MR) is 120 cm³/mol. The fourth-order valence-electron chi connectivity index (χ4n) is 3.04. The van der Waals surface area contributed by atoms with Crippen molar-refractivity contribution in [1.82, 2.24) is 16.0 Å². The number of aliphatic hydroxyl groups is 1. The summed E-state index contributed by atoms with van der Waals surface area (Å²) in [5.41, 5.74) is 11.0. The number of amides is 3. The summed E-state index contributed by atoms with van der Waals surface area (Å²) < 4.78 is 0. The van der Waals surface area contributed by atoms with Crippen LogP contribution in [0.25, 0.3) is 0 Å². The van der Waals surface area contributed by atoms with E-state index in [9.17, 15) is 24.3 Å². The van der Waals surface area contributed by atoms with Crippen LogP contribution >= 0.6 is 0 Å². The van der Waals surface area contributed by atoms with Crippen molar-refractivity contribution in [3.8, 4) is 0 Å². The summed E-state index contributed by atoms with van der Waals surface area (Å²) in [6.45, 7) is 7.13. The van der Waals surface area contributed by atoms with E-state index in [1.54, 1.807) is 6.92 Å². The van der Waals surface area contributed by atoms with Crippen LogP contribution < -0.4 is 27.4 Å². The lowest BCUT2D eigenvalue weighted by molar-refractivity contribution is -0.144. The molecule has 0 heterocycles. The van der Waals surface area contributed by atoms with Gasteiger partial charge in [0.2, 0.25) is 17.7 Å². The molecule has 11 nitrogen and oxygen atoms in total. The van der Waals surface area contributed by atoms with Gasteiger partial charge >= 0.3 is 5.97 Å². The van der Waals surface area contributed by atoms with E-state index in [1.165, 1.54) is 0 Å². The predicted octanol–water partition coefficient (Wildman–Crippen LogP) is -0.934. The molecule has 32 heavy (non-hydrogen) atoms. The number of carbonyl (C=O) groups is 4. The molecular weight excluding hydrogens is 418 g/mol. The lowest BCUT2D eigenvalue weighted by Crippen LogP contribution is -2.58. The van der Waals surface area contributed by atoms with Gasteiger partial charge in [-0.15, -0.1) is 0 Å². The number of hydrogen-bond acceptors (Lipinski definition) is 7. The Hall–Kier alpha value is -2.24. The minimum absolute atomic E-state index is 0.0442. The van der Waals surface area contributed by atoms with Crippen LogP contribution in [0.2, 0.25) is 0 Å². The topological polar surface area (TPSA) is 197 Å². The molecule has 0 aliphatic carbocycles. The van der Waals surface area contributed by atoms with Crippen LogP contribution in [0.15, 0.2) is 0 Å². The van der Waals surface area contributed by atoms with Gasteiger partial charge in [0.25, 0.3) is 0 Å². The first kappa shape index (κ1) is 29.8. The van der Waals surface area contributed by atoms with Crippen LogP contribution in [-0.2, 0) is 19.2 Å². The lowest BCUT2D eigenvalue weighted by Gasteiger charge is -2.27. The zero-order valence-electron chi connectivity index (χ0n) is 19.6. The maximum absolute atomic E-state index is 12.9. The molecule has 0 saturated carbocycles. The quantitative estimate of drug-likeness (QED) is 0.144. The third kappa shape index (κ3) is 10.9. The van der Waals surface area contributed by atoms with Gasteiger partial charge in [-0.1, -0.05) is 34.1 Å². The third-order valence-corrected chi connectivity index (χ3v) is 5.23. The maximum atomic E-state index is 12.9. The van der Waals surface area contributed by atoms with E-state index in [0.29, 0.717) is 25.8 Å². The highest BCUT2D eigenvalue weighted by Gasteiger charge is 2.31. The highest BCUT2D eigenvalue weighted by atomic mass is 16.4. The first-order valence-electron chi connectivity index (χ1n) is 11.2. The second-order valence-corrected chi connectivity index (χ2v) is 8.54. The normalized spacial score (nSPS) is 15.9. The molecule has 0 spiro atoms. The molecule has 0 rings (SSSR count). The monoisotopic (exact) mass is 459 g/mol. The van der Waals surface area contributed by atoms with Crippen molar-refractivity contribution in [2.24, 2.45) is 23.3 Å². The molecule has 0 aliphatic rings. The SMILES string of the molecule is CCC(C)C(NC(=O)C(CCCCN)NC(=O)C(CC(C)C)NC(=O)C(N)CO)C(=O)O. The number of rotatable bonds is 16. The van der Waals surface area contributed by atoms with Gasteiger partial charge in [0.1, 0.15) is 24.2 Å². The average Bonchev–Trinajstić information content (AvgIpc) is 2.74. The van der Waals surface area contributed by atoms with Crippen molar-refractivity contribution in [2.45, 2.75) is 84.0 Å². The molecule has 0 radical (unpaired) electrons. The molecule has 9 N–H and O–H groups in total. The number of carboxylic acids is 1. The van der Waals surface area contributed by atoms with Gasteiger partial charge in [0, 0.05) is 0 Å². The summed E-state index contributed by atoms with van der Waals surface area (Å²) in [6, 6.07) is -4.21. The van der Waals surface area contributed by atoms with E-state index in [-0.39, 0.29) is 24.7 Å². The summed E-state index contributed by atoms with van der Waals surface area (Å²) in [7, 11) is 0. The summed E-state index contributed by atoms with van der Waals surface area (Å²) >= 11 is 0. The number of nitrogens with two attached hydrogens (primary N) is 2. The van der Waals surface area contributed by atoms with E-state index >= 15 is 0 Å². The highest BCUT2D eigenvalue weighted by Crippen LogP contribution is 2.11. The summed E-state index contributed by atoms with van der Waals surface area (Å²) in [5.74, 6) is -3.28. The average molecular weight is 460 g/mol. The van der Waals surface area contributed by atoms with Gasteiger partial charge in [-0.05, 0) is 44.1 Å². The molecular formula is C21H41N5O6. The van der Waals surface area contributed by atoms with Gasteiger partial charge in [-0.25, -0.2) is 4.79 Å². The first-order valence-corrected chi connectivity index (χ1v) is 11.2. The minimum atomic E-state index is -1.17. The summed E-state index contributed by atoms with van der Waals surface area (Å²) in [5, 5.41) is 26.2. The van der Waals surface area contributed by atoms with Gasteiger partial charge in [0.15, 0.2) is 0 Å². The van der Waals surface area contributed by atoms with E-state index < -0.39 is 54.5 Å². The molecule has 0 saturated heterocycles. The molecule has 5 unspecified atom stereocenters. The van der Waals surface area contributed by atoms with Crippen LogP contribution in [0, 0.1) is 11.8 Å². The highest BCUT2D eigenvalue weighted by molar-refractivity contribution is 5.94. The third-order valence-electron chi connectivity index (χ3n) is 5.23. The molecule has 3 amide bonds. The second-order valence-electron chi connectivity index (χ2n) is 8.54. The summed E-state index contributed by atoms with van der Waals surface area (Å²) in [6.07, 6.45) is 2.28. The Morgan fingerprint density at radius 3 is 1.94 bits per heavy atom. The smallest absolute Gasteiger partial charge is 0.326 e. The van der Waals surface area contributed by atoms with Crippen LogP contribution in [0.1, 0.15) is 59.8 Å². The Labute approximate surface area is 190 Å². The van der Waals surface area contributed by atoms with Crippen molar-refractivity contribution < 1.29 is 29.4 Å². The lowest BCUT2D eigenvalue weighted by atomic mass is 9.98. The fraction of sp³-hybridized carbons (Fsp3) is 0.810. The van der Waals surface area contributed by atoms with Crippen LogP contribution in [0.4, 0.5) is 0 Å². The molecule has 11 heteroatoms. The minimum Gasteiger partial charge on any atom is -0.480 e. The van der Waals surface area contributed by atoms with Gasteiger partial charge in [-0.3, -0.25) is 14.4 Å². The van der Waals surface area contributed by atoms with E-state index in [2.05, 4.69) is 16.0 Å². The fourth-order valence-corrected chi connectivity index (χ4v) is 3.04. The van der Waals surface area contributed by atoms with Crippen LogP contribution in [-0.4, -0.2) is 71.2 Å². The Balaban J connectivity index is 5.51. The molecule has 5 atom stereocenters. The number of carboxylic acid groups (broad SMARTS) is 1. The Morgan fingerprint density at radius 2 is 1.47 bits per heavy atom. The molecule has 186 valence electrons. The van der Waals surface area contributed by atoms with Gasteiger partial charge in [0.05, 0.1) is 6.61 Å². The molecule has 0 aromatic heterocycles. The van der Waals surface area contributed by atoms with E-state index in [1.807, 2.05) is 20.8 Å². The van der Waals surface area contributed by atoms with Gasteiger partial charge in [-0.2, -0.15) is 0 Å². The zero-order chi connectivity index (χ0) is 24.8.